The van der Waals surface area contributed by atoms with Crippen LogP contribution in [0.5, 0.6) is 0 Å². The molecule has 3 N–H and O–H groups in total. The zero-order valence-corrected chi connectivity index (χ0v) is 3.64. The minimum atomic E-state index is -0.347. The fourth-order valence-corrected chi connectivity index (χ4v) is 0.322. The smallest absolute Gasteiger partial charge is 0.261 e. The van der Waals surface area contributed by atoms with Gasteiger partial charge in [-0.25, -0.2) is 5.48 Å². The van der Waals surface area contributed by atoms with Crippen LogP contribution in [0.15, 0.2) is 0 Å². The lowest BCUT2D eigenvalue weighted by Crippen LogP contribution is -2.25. The normalized spacial score (nSPS) is 26.7. The van der Waals surface area contributed by atoms with E-state index in [2.05, 4.69) is 5.32 Å². The van der Waals surface area contributed by atoms with Crippen molar-refractivity contribution >= 4 is 5.91 Å². The first-order valence-electron chi connectivity index (χ1n) is 2.02. The molecule has 1 rings (SSSR count). The topological polar surface area (TPSA) is 71.3 Å². The molecule has 1 unspecified atom stereocenters. The first kappa shape index (κ1) is 4.55. The Morgan fingerprint density at radius 1 is 2.00 bits per heavy atom. The quantitative estimate of drug-likeness (QED) is 0.213. The molecule has 0 radical (unpaired) electrons. The maximum absolute atomic E-state index is 10.2. The molecule has 0 aromatic heterocycles. The molecule has 1 heterocycles. The van der Waals surface area contributed by atoms with Crippen LogP contribution in [0.3, 0.4) is 0 Å². The summed E-state index contributed by atoms with van der Waals surface area (Å²) in [6, 6.07) is -0.134. The Balaban J connectivity index is 2.24. The third-order valence-corrected chi connectivity index (χ3v) is 0.835. The van der Waals surface area contributed by atoms with Gasteiger partial charge < -0.3 is 5.32 Å². The first-order valence-corrected chi connectivity index (χ1v) is 2.02. The average molecular weight is 102 g/mol. The molecule has 0 spiro atoms. The number of rotatable bonds is 1. The molecule has 1 fully saturated rings. The maximum Gasteiger partial charge on any atom is 0.261 e. The number of carbonyl (C=O) groups excluding carboxylic acids is 1. The average Bonchev–Trinajstić information content (AvgIpc) is 2.44. The second-order valence-electron chi connectivity index (χ2n) is 1.44. The van der Waals surface area contributed by atoms with Gasteiger partial charge in [-0.05, 0) is 0 Å². The molecule has 0 aromatic carbocycles. The number of nitrogens with one attached hydrogen (secondary N) is 2. The van der Waals surface area contributed by atoms with E-state index < -0.39 is 0 Å². The summed E-state index contributed by atoms with van der Waals surface area (Å²) in [7, 11) is 0. The van der Waals surface area contributed by atoms with Crippen LogP contribution in [0.25, 0.3) is 0 Å². The van der Waals surface area contributed by atoms with Crippen molar-refractivity contribution < 1.29 is 10.0 Å². The summed E-state index contributed by atoms with van der Waals surface area (Å²) in [6.07, 6.45) is 0. The van der Waals surface area contributed by atoms with Crippen LogP contribution < -0.4 is 10.8 Å². The van der Waals surface area contributed by atoms with Gasteiger partial charge in [0.15, 0.2) is 0 Å². The SMILES string of the molecule is O=C(NO)C1CN1. The summed E-state index contributed by atoms with van der Waals surface area (Å²) >= 11 is 0. The van der Waals surface area contributed by atoms with Crippen molar-refractivity contribution in [2.75, 3.05) is 6.54 Å². The number of hydrogen-bond donors (Lipinski definition) is 3. The van der Waals surface area contributed by atoms with E-state index in [0.717, 1.165) is 0 Å². The van der Waals surface area contributed by atoms with Gasteiger partial charge >= 0.3 is 0 Å². The lowest BCUT2D eigenvalue weighted by molar-refractivity contribution is -0.128. The van der Waals surface area contributed by atoms with E-state index in [9.17, 15) is 4.79 Å². The number of hydroxylamine groups is 1. The number of hydrogen-bond acceptors (Lipinski definition) is 3. The first-order chi connectivity index (χ1) is 3.34. The second-order valence-corrected chi connectivity index (χ2v) is 1.44. The highest BCUT2D eigenvalue weighted by molar-refractivity contribution is 5.83. The van der Waals surface area contributed by atoms with Gasteiger partial charge in [-0.2, -0.15) is 0 Å². The maximum atomic E-state index is 10.2. The highest BCUT2D eigenvalue weighted by Gasteiger charge is 2.27. The zero-order valence-electron chi connectivity index (χ0n) is 3.64. The van der Waals surface area contributed by atoms with Gasteiger partial charge in [-0.15, -0.1) is 0 Å². The minimum absolute atomic E-state index is 0.134. The molecule has 4 heteroatoms. The van der Waals surface area contributed by atoms with Crippen LogP contribution in [0.1, 0.15) is 0 Å². The van der Waals surface area contributed by atoms with Gasteiger partial charge in [0, 0.05) is 6.54 Å². The molecule has 1 atom stereocenters. The molecule has 1 amide bonds. The Labute approximate surface area is 40.5 Å². The van der Waals surface area contributed by atoms with E-state index in [4.69, 9.17) is 5.21 Å². The van der Waals surface area contributed by atoms with E-state index in [1.54, 1.807) is 0 Å². The predicted molar refractivity (Wildman–Crippen MR) is 21.7 cm³/mol. The number of amides is 1. The fourth-order valence-electron chi connectivity index (χ4n) is 0.322. The molecule has 0 aromatic rings. The molecule has 7 heavy (non-hydrogen) atoms. The molecule has 0 saturated carbocycles. The predicted octanol–water partition coefficient (Wildman–Crippen LogP) is -1.54. The largest absolute Gasteiger partial charge is 0.303 e. The summed E-state index contributed by atoms with van der Waals surface area (Å²) in [5.74, 6) is -0.347. The van der Waals surface area contributed by atoms with E-state index in [-0.39, 0.29) is 11.9 Å². The summed E-state index contributed by atoms with van der Waals surface area (Å²) in [6.45, 7) is 0.687. The van der Waals surface area contributed by atoms with Gasteiger partial charge in [-0.3, -0.25) is 10.0 Å². The van der Waals surface area contributed by atoms with Crippen LogP contribution in [-0.2, 0) is 4.79 Å². The highest BCUT2D eigenvalue weighted by atomic mass is 16.5. The zero-order chi connectivity index (χ0) is 5.28. The number of carbonyl (C=O) groups is 1. The van der Waals surface area contributed by atoms with Crippen LogP contribution in [0.2, 0.25) is 0 Å². The third kappa shape index (κ3) is 0.880. The monoisotopic (exact) mass is 102 g/mol. The van der Waals surface area contributed by atoms with Gasteiger partial charge in [0.05, 0.1) is 0 Å². The fraction of sp³-hybridized carbons (Fsp3) is 0.667. The molecule has 1 aliphatic rings. The van der Waals surface area contributed by atoms with Crippen LogP contribution in [0.4, 0.5) is 0 Å². The summed E-state index contributed by atoms with van der Waals surface area (Å²) in [5, 5.41) is 10.6. The Hall–Kier alpha value is -0.610. The summed E-state index contributed by atoms with van der Waals surface area (Å²) in [4.78, 5) is 10.2. The third-order valence-electron chi connectivity index (χ3n) is 0.835. The molecule has 4 nitrogen and oxygen atoms in total. The molecule has 1 aliphatic heterocycles. The molecular formula is C3H6N2O2. The van der Waals surface area contributed by atoms with Gasteiger partial charge in [0.25, 0.3) is 5.91 Å². The Morgan fingerprint density at radius 2 is 2.57 bits per heavy atom. The van der Waals surface area contributed by atoms with Crippen molar-refractivity contribution in [3.63, 3.8) is 0 Å². The summed E-state index contributed by atoms with van der Waals surface area (Å²) < 4.78 is 0. The van der Waals surface area contributed by atoms with E-state index in [1.165, 1.54) is 5.48 Å². The molecule has 40 valence electrons. The van der Waals surface area contributed by atoms with Gasteiger partial charge in [0.1, 0.15) is 6.04 Å². The Bertz CT molecular complexity index is 88.9. The van der Waals surface area contributed by atoms with Crippen LogP contribution in [0, 0.1) is 0 Å². The van der Waals surface area contributed by atoms with Gasteiger partial charge in [0.2, 0.25) is 0 Å². The van der Waals surface area contributed by atoms with E-state index in [1.807, 2.05) is 0 Å². The van der Waals surface area contributed by atoms with Crippen LogP contribution in [-0.4, -0.2) is 23.7 Å². The van der Waals surface area contributed by atoms with Crippen molar-refractivity contribution in [2.45, 2.75) is 6.04 Å². The Kier molecular flexibility index (Phi) is 0.958. The molecule has 0 bridgehead atoms. The second kappa shape index (κ2) is 1.48. The lowest BCUT2D eigenvalue weighted by Gasteiger charge is -1.87. The van der Waals surface area contributed by atoms with Crippen molar-refractivity contribution in [3.05, 3.63) is 0 Å². The lowest BCUT2D eigenvalue weighted by atomic mass is 10.5. The van der Waals surface area contributed by atoms with Crippen molar-refractivity contribution in [1.82, 2.24) is 10.8 Å². The van der Waals surface area contributed by atoms with Crippen molar-refractivity contribution in [2.24, 2.45) is 0 Å². The molecular weight excluding hydrogens is 96.0 g/mol. The minimum Gasteiger partial charge on any atom is -0.303 e. The molecule has 1 saturated heterocycles. The summed E-state index contributed by atoms with van der Waals surface area (Å²) in [5.41, 5.74) is 1.53. The van der Waals surface area contributed by atoms with Crippen LogP contribution >= 0.6 is 0 Å². The standard InChI is InChI=1S/C3H6N2O2/c6-3(5-7)2-1-4-2/h2,4,7H,1H2,(H,5,6). The van der Waals surface area contributed by atoms with Crippen molar-refractivity contribution in [3.8, 4) is 0 Å². The highest BCUT2D eigenvalue weighted by Crippen LogP contribution is 1.93. The van der Waals surface area contributed by atoms with Crippen molar-refractivity contribution in [1.29, 1.82) is 0 Å². The van der Waals surface area contributed by atoms with Gasteiger partial charge in [-0.1, -0.05) is 0 Å². The molecule has 0 aliphatic carbocycles. The van der Waals surface area contributed by atoms with E-state index in [0.29, 0.717) is 6.54 Å². The van der Waals surface area contributed by atoms with E-state index >= 15 is 0 Å². The Morgan fingerprint density at radius 3 is 2.71 bits per heavy atom.